The third-order valence-corrected chi connectivity index (χ3v) is 3.25. The molecule has 4 heteroatoms. The predicted octanol–water partition coefficient (Wildman–Crippen LogP) is 2.72. The van der Waals surface area contributed by atoms with E-state index in [-0.39, 0.29) is 0 Å². The number of pyridine rings is 1. The lowest BCUT2D eigenvalue weighted by Gasteiger charge is -2.23. The molecule has 1 aromatic carbocycles. The number of rotatable bonds is 4. The first-order valence-corrected chi connectivity index (χ1v) is 6.52. The highest BCUT2D eigenvalue weighted by molar-refractivity contribution is 7.80. The first kappa shape index (κ1) is 12.8. The van der Waals surface area contributed by atoms with Crippen LogP contribution in [0.25, 0.3) is 10.9 Å². The maximum Gasteiger partial charge on any atom is 0.139 e. The fourth-order valence-electron chi connectivity index (χ4n) is 2.05. The smallest absolute Gasteiger partial charge is 0.139 e. The van der Waals surface area contributed by atoms with Crippen LogP contribution in [0.15, 0.2) is 30.3 Å². The van der Waals surface area contributed by atoms with Crippen molar-refractivity contribution in [2.75, 3.05) is 18.0 Å². The third-order valence-electron chi connectivity index (χ3n) is 3.03. The van der Waals surface area contributed by atoms with Crippen LogP contribution in [0, 0.1) is 0 Å². The van der Waals surface area contributed by atoms with Gasteiger partial charge in [-0.15, -0.1) is 0 Å². The van der Waals surface area contributed by atoms with Crippen LogP contribution in [-0.2, 0) is 0 Å². The zero-order valence-corrected chi connectivity index (χ0v) is 11.5. The number of aromatic nitrogens is 1. The lowest BCUT2D eigenvalue weighted by atomic mass is 10.1. The third kappa shape index (κ3) is 2.29. The number of anilines is 1. The average Bonchev–Trinajstić information content (AvgIpc) is 2.39. The molecule has 0 fully saturated rings. The topological polar surface area (TPSA) is 42.2 Å². The van der Waals surface area contributed by atoms with Crippen molar-refractivity contribution in [2.45, 2.75) is 13.8 Å². The zero-order chi connectivity index (χ0) is 13.1. The van der Waals surface area contributed by atoms with Gasteiger partial charge in [-0.3, -0.25) is 0 Å². The molecule has 0 atom stereocenters. The Labute approximate surface area is 113 Å². The lowest BCUT2D eigenvalue weighted by molar-refractivity contribution is 0.848. The van der Waals surface area contributed by atoms with Crippen molar-refractivity contribution in [3.05, 3.63) is 35.9 Å². The Balaban J connectivity index is 2.68. The Morgan fingerprint density at radius 2 is 1.94 bits per heavy atom. The quantitative estimate of drug-likeness (QED) is 0.857. The number of fused-ring (bicyclic) bond motifs is 1. The molecule has 0 unspecified atom stereocenters. The normalized spacial score (nSPS) is 10.6. The SMILES string of the molecule is CCN(CC)c1nc2ccccc2cc1C(N)=S. The summed E-state index contributed by atoms with van der Waals surface area (Å²) in [5.41, 5.74) is 7.64. The molecular weight excluding hydrogens is 242 g/mol. The average molecular weight is 259 g/mol. The summed E-state index contributed by atoms with van der Waals surface area (Å²) in [4.78, 5) is 7.26. The first-order chi connectivity index (χ1) is 8.67. The minimum absolute atomic E-state index is 0.398. The molecule has 94 valence electrons. The Morgan fingerprint density at radius 3 is 2.56 bits per heavy atom. The molecule has 1 heterocycles. The van der Waals surface area contributed by atoms with Gasteiger partial charge in [-0.05, 0) is 26.0 Å². The lowest BCUT2D eigenvalue weighted by Crippen LogP contribution is -2.26. The number of hydrogen-bond donors (Lipinski definition) is 1. The fraction of sp³-hybridized carbons (Fsp3) is 0.286. The molecule has 18 heavy (non-hydrogen) atoms. The van der Waals surface area contributed by atoms with Crippen molar-refractivity contribution < 1.29 is 0 Å². The van der Waals surface area contributed by atoms with E-state index < -0.39 is 0 Å². The van der Waals surface area contributed by atoms with Gasteiger partial charge in [0, 0.05) is 18.5 Å². The molecule has 2 rings (SSSR count). The van der Waals surface area contributed by atoms with Gasteiger partial charge in [-0.1, -0.05) is 30.4 Å². The van der Waals surface area contributed by atoms with E-state index in [1.54, 1.807) is 0 Å². The van der Waals surface area contributed by atoms with Crippen LogP contribution >= 0.6 is 12.2 Å². The monoisotopic (exact) mass is 259 g/mol. The fourth-order valence-corrected chi connectivity index (χ4v) is 2.20. The van der Waals surface area contributed by atoms with Crippen LogP contribution in [0.1, 0.15) is 19.4 Å². The summed E-state index contributed by atoms with van der Waals surface area (Å²) < 4.78 is 0. The molecular formula is C14H17N3S. The van der Waals surface area contributed by atoms with E-state index in [1.807, 2.05) is 30.3 Å². The Hall–Kier alpha value is -1.68. The van der Waals surface area contributed by atoms with Crippen LogP contribution in [0.5, 0.6) is 0 Å². The Bertz CT molecular complexity index is 576. The van der Waals surface area contributed by atoms with E-state index in [2.05, 4.69) is 18.7 Å². The second-order valence-electron chi connectivity index (χ2n) is 4.09. The van der Waals surface area contributed by atoms with Crippen LogP contribution in [0.4, 0.5) is 5.82 Å². The van der Waals surface area contributed by atoms with E-state index in [4.69, 9.17) is 22.9 Å². The van der Waals surface area contributed by atoms with Crippen LogP contribution in [0.2, 0.25) is 0 Å². The number of benzene rings is 1. The van der Waals surface area contributed by atoms with Gasteiger partial charge in [0.25, 0.3) is 0 Å². The maximum absolute atomic E-state index is 5.82. The molecule has 0 bridgehead atoms. The van der Waals surface area contributed by atoms with Crippen LogP contribution in [0.3, 0.4) is 0 Å². The van der Waals surface area contributed by atoms with E-state index in [0.29, 0.717) is 4.99 Å². The second-order valence-corrected chi connectivity index (χ2v) is 4.53. The van der Waals surface area contributed by atoms with Gasteiger partial charge in [0.1, 0.15) is 10.8 Å². The van der Waals surface area contributed by atoms with Crippen molar-refractivity contribution in [2.24, 2.45) is 5.73 Å². The standard InChI is InChI=1S/C14H17N3S/c1-3-17(4-2)14-11(13(15)18)9-10-7-5-6-8-12(10)16-14/h5-9H,3-4H2,1-2H3,(H2,15,18). The Kier molecular flexibility index (Phi) is 3.77. The molecule has 2 N–H and O–H groups in total. The summed E-state index contributed by atoms with van der Waals surface area (Å²) in [6, 6.07) is 10.0. The Morgan fingerprint density at radius 1 is 1.28 bits per heavy atom. The predicted molar refractivity (Wildman–Crippen MR) is 81.2 cm³/mol. The van der Waals surface area contributed by atoms with Gasteiger partial charge < -0.3 is 10.6 Å². The van der Waals surface area contributed by atoms with E-state index >= 15 is 0 Å². The summed E-state index contributed by atoms with van der Waals surface area (Å²) in [6.07, 6.45) is 0. The first-order valence-electron chi connectivity index (χ1n) is 6.11. The van der Waals surface area contributed by atoms with E-state index in [0.717, 1.165) is 35.4 Å². The number of nitrogens with zero attached hydrogens (tertiary/aromatic N) is 2. The number of hydrogen-bond acceptors (Lipinski definition) is 3. The zero-order valence-electron chi connectivity index (χ0n) is 10.7. The van der Waals surface area contributed by atoms with Crippen LogP contribution < -0.4 is 10.6 Å². The largest absolute Gasteiger partial charge is 0.389 e. The minimum Gasteiger partial charge on any atom is -0.389 e. The highest BCUT2D eigenvalue weighted by atomic mass is 32.1. The van der Waals surface area contributed by atoms with Crippen molar-refractivity contribution in [1.82, 2.24) is 4.98 Å². The molecule has 0 aliphatic carbocycles. The molecule has 0 saturated carbocycles. The maximum atomic E-state index is 5.82. The van der Waals surface area contributed by atoms with Gasteiger partial charge in [-0.25, -0.2) is 4.98 Å². The number of nitrogens with two attached hydrogens (primary N) is 1. The van der Waals surface area contributed by atoms with Crippen molar-refractivity contribution >= 4 is 33.9 Å². The van der Waals surface area contributed by atoms with Crippen molar-refractivity contribution in [3.8, 4) is 0 Å². The number of para-hydroxylation sites is 1. The molecule has 2 aromatic rings. The summed E-state index contributed by atoms with van der Waals surface area (Å²) in [5, 5.41) is 1.07. The summed E-state index contributed by atoms with van der Waals surface area (Å²) >= 11 is 5.14. The highest BCUT2D eigenvalue weighted by Crippen LogP contribution is 2.23. The van der Waals surface area contributed by atoms with Crippen molar-refractivity contribution in [3.63, 3.8) is 0 Å². The van der Waals surface area contributed by atoms with Crippen molar-refractivity contribution in [1.29, 1.82) is 0 Å². The van der Waals surface area contributed by atoms with Gasteiger partial charge >= 0.3 is 0 Å². The molecule has 0 aliphatic rings. The molecule has 1 aromatic heterocycles. The second kappa shape index (κ2) is 5.31. The number of thiocarbonyl (C=S) groups is 1. The summed E-state index contributed by atoms with van der Waals surface area (Å²) in [6.45, 7) is 5.97. The van der Waals surface area contributed by atoms with Crippen LogP contribution in [-0.4, -0.2) is 23.1 Å². The summed E-state index contributed by atoms with van der Waals surface area (Å²) in [5.74, 6) is 0.881. The summed E-state index contributed by atoms with van der Waals surface area (Å²) in [7, 11) is 0. The van der Waals surface area contributed by atoms with E-state index in [1.165, 1.54) is 0 Å². The minimum atomic E-state index is 0.398. The molecule has 0 spiro atoms. The van der Waals surface area contributed by atoms with E-state index in [9.17, 15) is 0 Å². The highest BCUT2D eigenvalue weighted by Gasteiger charge is 2.13. The molecule has 0 aliphatic heterocycles. The van der Waals surface area contributed by atoms with Gasteiger partial charge in [0.15, 0.2) is 0 Å². The van der Waals surface area contributed by atoms with Gasteiger partial charge in [0.2, 0.25) is 0 Å². The van der Waals surface area contributed by atoms with Gasteiger partial charge in [0.05, 0.1) is 11.1 Å². The van der Waals surface area contributed by atoms with Gasteiger partial charge in [-0.2, -0.15) is 0 Å². The molecule has 0 saturated heterocycles. The molecule has 0 radical (unpaired) electrons. The molecule has 0 amide bonds. The molecule has 3 nitrogen and oxygen atoms in total.